The van der Waals surface area contributed by atoms with Crippen LogP contribution in [0.2, 0.25) is 0 Å². The summed E-state index contributed by atoms with van der Waals surface area (Å²) < 4.78 is 5.24. The van der Waals surface area contributed by atoms with E-state index in [2.05, 4.69) is 29.0 Å². The molecule has 3 aromatic rings. The third-order valence-electron chi connectivity index (χ3n) is 5.03. The van der Waals surface area contributed by atoms with Gasteiger partial charge in [0, 0.05) is 47.4 Å². The smallest absolute Gasteiger partial charge is 0.251 e. The van der Waals surface area contributed by atoms with Crippen LogP contribution in [0.15, 0.2) is 53.3 Å². The highest BCUT2D eigenvalue weighted by Gasteiger charge is 2.09. The van der Waals surface area contributed by atoms with Gasteiger partial charge in [-0.3, -0.25) is 9.59 Å². The lowest BCUT2D eigenvalue weighted by molar-refractivity contribution is -0.116. The highest BCUT2D eigenvalue weighted by Crippen LogP contribution is 2.20. The molecule has 0 saturated carbocycles. The van der Waals surface area contributed by atoms with Crippen molar-refractivity contribution in [3.05, 3.63) is 64.4 Å². The number of nitrogens with one attached hydrogen (secondary N) is 2. The minimum Gasteiger partial charge on any atom is -0.497 e. The molecule has 2 N–H and O–H groups in total. The molecule has 0 saturated heterocycles. The number of aromatic amines is 1. The Labute approximate surface area is 170 Å². The maximum atomic E-state index is 12.3. The first-order chi connectivity index (χ1) is 14.0. The minimum absolute atomic E-state index is 0.120. The summed E-state index contributed by atoms with van der Waals surface area (Å²) in [4.78, 5) is 29.7. The van der Waals surface area contributed by atoms with Crippen LogP contribution in [-0.2, 0) is 11.2 Å². The monoisotopic (exact) mass is 393 g/mol. The SMILES string of the molecule is CCN(CC)c1ccc(NC(=O)CCc2cc3cc(OC)ccc3[nH]c2=O)cc1. The molecule has 29 heavy (non-hydrogen) atoms. The average Bonchev–Trinajstić information content (AvgIpc) is 2.74. The summed E-state index contributed by atoms with van der Waals surface area (Å²) in [6.45, 7) is 6.11. The second-order valence-corrected chi connectivity index (χ2v) is 6.84. The number of amides is 1. The highest BCUT2D eigenvalue weighted by atomic mass is 16.5. The van der Waals surface area contributed by atoms with E-state index < -0.39 is 0 Å². The van der Waals surface area contributed by atoms with E-state index >= 15 is 0 Å². The number of hydrogen-bond donors (Lipinski definition) is 2. The number of rotatable bonds is 8. The van der Waals surface area contributed by atoms with Crippen LogP contribution in [-0.4, -0.2) is 31.1 Å². The number of ether oxygens (including phenoxy) is 1. The van der Waals surface area contributed by atoms with Gasteiger partial charge in [0.05, 0.1) is 7.11 Å². The number of anilines is 2. The number of H-pyrrole nitrogens is 1. The van der Waals surface area contributed by atoms with Crippen LogP contribution in [0.4, 0.5) is 11.4 Å². The van der Waals surface area contributed by atoms with Gasteiger partial charge in [-0.25, -0.2) is 0 Å². The molecular formula is C23H27N3O3. The van der Waals surface area contributed by atoms with Crippen LogP contribution in [0.3, 0.4) is 0 Å². The Morgan fingerprint density at radius 2 is 1.79 bits per heavy atom. The van der Waals surface area contributed by atoms with Crippen molar-refractivity contribution < 1.29 is 9.53 Å². The molecule has 0 spiro atoms. The number of fused-ring (bicyclic) bond motifs is 1. The van der Waals surface area contributed by atoms with Gasteiger partial charge in [-0.15, -0.1) is 0 Å². The van der Waals surface area contributed by atoms with E-state index in [0.29, 0.717) is 12.0 Å². The molecule has 2 aromatic carbocycles. The fourth-order valence-electron chi connectivity index (χ4n) is 3.36. The average molecular weight is 393 g/mol. The second-order valence-electron chi connectivity index (χ2n) is 6.84. The Kier molecular flexibility index (Phi) is 6.54. The molecule has 1 aromatic heterocycles. The first-order valence-corrected chi connectivity index (χ1v) is 9.88. The second kappa shape index (κ2) is 9.28. The van der Waals surface area contributed by atoms with Gasteiger partial charge in [0.15, 0.2) is 0 Å². The summed E-state index contributed by atoms with van der Waals surface area (Å²) in [5.41, 5.74) is 3.04. The molecule has 1 amide bonds. The normalized spacial score (nSPS) is 10.7. The zero-order chi connectivity index (χ0) is 20.8. The predicted molar refractivity (Wildman–Crippen MR) is 118 cm³/mol. The molecular weight excluding hydrogens is 366 g/mol. The van der Waals surface area contributed by atoms with Gasteiger partial charge in [-0.2, -0.15) is 0 Å². The molecule has 3 rings (SSSR count). The molecule has 0 aliphatic heterocycles. The number of nitrogens with zero attached hydrogens (tertiary/aromatic N) is 1. The predicted octanol–water partition coefficient (Wildman–Crippen LogP) is 3.95. The quantitative estimate of drug-likeness (QED) is 0.608. The van der Waals surface area contributed by atoms with Crippen LogP contribution in [0.25, 0.3) is 10.9 Å². The van der Waals surface area contributed by atoms with Crippen LogP contribution < -0.4 is 20.5 Å². The van der Waals surface area contributed by atoms with Crippen molar-refractivity contribution in [2.75, 3.05) is 30.4 Å². The molecule has 0 aliphatic carbocycles. The number of benzene rings is 2. The first kappa shape index (κ1) is 20.5. The van der Waals surface area contributed by atoms with Gasteiger partial charge < -0.3 is 19.9 Å². The van der Waals surface area contributed by atoms with Crippen LogP contribution in [0, 0.1) is 0 Å². The van der Waals surface area contributed by atoms with Crippen LogP contribution >= 0.6 is 0 Å². The van der Waals surface area contributed by atoms with Crippen molar-refractivity contribution in [1.82, 2.24) is 4.98 Å². The number of hydrogen-bond acceptors (Lipinski definition) is 4. The number of methoxy groups -OCH3 is 1. The van der Waals surface area contributed by atoms with Crippen LogP contribution in [0.1, 0.15) is 25.8 Å². The van der Waals surface area contributed by atoms with Crippen molar-refractivity contribution in [2.24, 2.45) is 0 Å². The van der Waals surface area contributed by atoms with E-state index in [1.165, 1.54) is 0 Å². The summed E-state index contributed by atoms with van der Waals surface area (Å²) >= 11 is 0. The van der Waals surface area contributed by atoms with Crippen molar-refractivity contribution in [1.29, 1.82) is 0 Å². The van der Waals surface area contributed by atoms with E-state index in [4.69, 9.17) is 4.74 Å². The zero-order valence-electron chi connectivity index (χ0n) is 17.1. The largest absolute Gasteiger partial charge is 0.497 e. The molecule has 6 nitrogen and oxygen atoms in total. The summed E-state index contributed by atoms with van der Waals surface area (Å²) in [6, 6.07) is 15.1. The van der Waals surface area contributed by atoms with Crippen molar-refractivity contribution >= 4 is 28.2 Å². The van der Waals surface area contributed by atoms with E-state index in [1.807, 2.05) is 42.5 Å². The molecule has 0 unspecified atom stereocenters. The van der Waals surface area contributed by atoms with Crippen LogP contribution in [0.5, 0.6) is 5.75 Å². The molecule has 152 valence electrons. The van der Waals surface area contributed by atoms with Gasteiger partial charge in [-0.1, -0.05) is 0 Å². The van der Waals surface area contributed by atoms with E-state index in [-0.39, 0.29) is 17.9 Å². The Morgan fingerprint density at radius 3 is 2.45 bits per heavy atom. The summed E-state index contributed by atoms with van der Waals surface area (Å²) in [5, 5.41) is 3.78. The van der Waals surface area contributed by atoms with Crippen molar-refractivity contribution in [3.8, 4) is 5.75 Å². The molecule has 0 radical (unpaired) electrons. The number of pyridine rings is 1. The van der Waals surface area contributed by atoms with Gasteiger partial charge in [0.2, 0.25) is 5.91 Å². The van der Waals surface area contributed by atoms with Gasteiger partial charge in [-0.05, 0) is 68.8 Å². The number of aromatic nitrogens is 1. The molecule has 0 atom stereocenters. The third kappa shape index (κ3) is 4.96. The van der Waals surface area contributed by atoms with E-state index in [1.54, 1.807) is 13.2 Å². The number of carbonyl (C=O) groups excluding carboxylic acids is 1. The van der Waals surface area contributed by atoms with E-state index in [0.717, 1.165) is 41.1 Å². The lowest BCUT2D eigenvalue weighted by Crippen LogP contribution is -2.21. The van der Waals surface area contributed by atoms with Gasteiger partial charge in [0.1, 0.15) is 5.75 Å². The number of aryl methyl sites for hydroxylation is 1. The first-order valence-electron chi connectivity index (χ1n) is 9.88. The highest BCUT2D eigenvalue weighted by molar-refractivity contribution is 5.91. The van der Waals surface area contributed by atoms with E-state index in [9.17, 15) is 9.59 Å². The molecule has 0 bridgehead atoms. The summed E-state index contributed by atoms with van der Waals surface area (Å²) in [5.74, 6) is 0.604. The van der Waals surface area contributed by atoms with Crippen molar-refractivity contribution in [3.63, 3.8) is 0 Å². The molecule has 6 heteroatoms. The minimum atomic E-state index is -0.168. The Bertz CT molecular complexity index is 1040. The molecule has 0 fully saturated rings. The summed E-state index contributed by atoms with van der Waals surface area (Å²) in [7, 11) is 1.60. The maximum absolute atomic E-state index is 12.3. The maximum Gasteiger partial charge on any atom is 0.251 e. The molecule has 0 aliphatic rings. The lowest BCUT2D eigenvalue weighted by Gasteiger charge is -2.21. The lowest BCUT2D eigenvalue weighted by atomic mass is 10.1. The number of carbonyl (C=O) groups is 1. The Hall–Kier alpha value is -3.28. The third-order valence-corrected chi connectivity index (χ3v) is 5.03. The molecule has 1 heterocycles. The zero-order valence-corrected chi connectivity index (χ0v) is 17.1. The fourth-order valence-corrected chi connectivity index (χ4v) is 3.36. The fraction of sp³-hybridized carbons (Fsp3) is 0.304. The topological polar surface area (TPSA) is 74.4 Å². The van der Waals surface area contributed by atoms with Crippen molar-refractivity contribution in [2.45, 2.75) is 26.7 Å². The Balaban J connectivity index is 1.64. The van der Waals surface area contributed by atoms with Gasteiger partial charge in [0.25, 0.3) is 5.56 Å². The van der Waals surface area contributed by atoms with Gasteiger partial charge >= 0.3 is 0 Å². The Morgan fingerprint density at radius 1 is 1.07 bits per heavy atom. The standard InChI is InChI=1S/C23H27N3O3/c1-4-26(5-2)19-9-7-18(8-10-19)24-22(27)13-6-16-14-17-15-20(29-3)11-12-21(17)25-23(16)28/h7-12,14-15H,4-6,13H2,1-3H3,(H,24,27)(H,25,28). The summed E-state index contributed by atoms with van der Waals surface area (Å²) in [6.07, 6.45) is 0.599.